The first-order valence-electron chi connectivity index (χ1n) is 7.21. The zero-order chi connectivity index (χ0) is 15.8. The number of methoxy groups -OCH3 is 1. The number of benzene rings is 2. The van der Waals surface area contributed by atoms with Crippen molar-refractivity contribution in [3.05, 3.63) is 48.5 Å². The van der Waals surface area contributed by atoms with E-state index in [1.807, 2.05) is 55.6 Å². The Kier molecular flexibility index (Phi) is 5.91. The SMILES string of the molecule is COc1ccc(N=Nc2ccc(N(C)CCCO)cc2)cc1. The second-order valence-electron chi connectivity index (χ2n) is 4.91. The lowest BCUT2D eigenvalue weighted by Gasteiger charge is -2.18. The van der Waals surface area contributed by atoms with E-state index in [0.29, 0.717) is 0 Å². The van der Waals surface area contributed by atoms with Gasteiger partial charge in [0.25, 0.3) is 0 Å². The molecule has 0 aliphatic heterocycles. The van der Waals surface area contributed by atoms with Gasteiger partial charge in [-0.3, -0.25) is 0 Å². The van der Waals surface area contributed by atoms with E-state index >= 15 is 0 Å². The number of rotatable bonds is 7. The monoisotopic (exact) mass is 299 g/mol. The molecule has 5 nitrogen and oxygen atoms in total. The van der Waals surface area contributed by atoms with Gasteiger partial charge in [0.2, 0.25) is 0 Å². The zero-order valence-electron chi connectivity index (χ0n) is 12.9. The Hall–Kier alpha value is -2.40. The summed E-state index contributed by atoms with van der Waals surface area (Å²) in [5.74, 6) is 0.800. The molecule has 22 heavy (non-hydrogen) atoms. The Balaban J connectivity index is 1.99. The first-order valence-corrected chi connectivity index (χ1v) is 7.21. The first-order chi connectivity index (χ1) is 10.7. The van der Waals surface area contributed by atoms with Crippen LogP contribution < -0.4 is 9.64 Å². The van der Waals surface area contributed by atoms with Crippen LogP contribution in [0.1, 0.15) is 6.42 Å². The van der Waals surface area contributed by atoms with Crippen LogP contribution in [-0.4, -0.2) is 32.4 Å². The van der Waals surface area contributed by atoms with Crippen molar-refractivity contribution in [2.75, 3.05) is 32.2 Å². The first kappa shape index (κ1) is 16.0. The molecule has 0 saturated heterocycles. The van der Waals surface area contributed by atoms with Gasteiger partial charge in [-0.15, -0.1) is 0 Å². The number of hydrogen-bond acceptors (Lipinski definition) is 5. The summed E-state index contributed by atoms with van der Waals surface area (Å²) >= 11 is 0. The molecule has 116 valence electrons. The van der Waals surface area contributed by atoms with Crippen molar-refractivity contribution >= 4 is 17.1 Å². The Morgan fingerprint density at radius 1 is 0.955 bits per heavy atom. The van der Waals surface area contributed by atoms with Crippen molar-refractivity contribution in [3.63, 3.8) is 0 Å². The van der Waals surface area contributed by atoms with Gasteiger partial charge in [0.15, 0.2) is 0 Å². The van der Waals surface area contributed by atoms with E-state index in [0.717, 1.165) is 35.8 Å². The summed E-state index contributed by atoms with van der Waals surface area (Å²) < 4.78 is 5.10. The van der Waals surface area contributed by atoms with Crippen molar-refractivity contribution in [1.29, 1.82) is 0 Å². The van der Waals surface area contributed by atoms with Gasteiger partial charge in [0.05, 0.1) is 18.5 Å². The summed E-state index contributed by atoms with van der Waals surface area (Å²) in [5.41, 5.74) is 2.68. The van der Waals surface area contributed by atoms with Crippen LogP contribution in [0.25, 0.3) is 0 Å². The third-order valence-corrected chi connectivity index (χ3v) is 3.30. The highest BCUT2D eigenvalue weighted by atomic mass is 16.5. The van der Waals surface area contributed by atoms with Crippen LogP contribution in [0.15, 0.2) is 58.8 Å². The van der Waals surface area contributed by atoms with E-state index in [1.54, 1.807) is 7.11 Å². The van der Waals surface area contributed by atoms with Gasteiger partial charge in [-0.25, -0.2) is 0 Å². The molecule has 0 radical (unpaired) electrons. The van der Waals surface area contributed by atoms with Gasteiger partial charge in [-0.05, 0) is 55.0 Å². The summed E-state index contributed by atoms with van der Waals surface area (Å²) in [4.78, 5) is 2.10. The van der Waals surface area contributed by atoms with Crippen LogP contribution in [0.2, 0.25) is 0 Å². The second-order valence-corrected chi connectivity index (χ2v) is 4.91. The van der Waals surface area contributed by atoms with E-state index in [-0.39, 0.29) is 6.61 Å². The lowest BCUT2D eigenvalue weighted by atomic mass is 10.2. The van der Waals surface area contributed by atoms with Gasteiger partial charge < -0.3 is 14.7 Å². The highest BCUT2D eigenvalue weighted by Gasteiger charge is 2.00. The normalized spacial score (nSPS) is 10.9. The van der Waals surface area contributed by atoms with Gasteiger partial charge in [-0.2, -0.15) is 10.2 Å². The molecule has 0 amide bonds. The smallest absolute Gasteiger partial charge is 0.119 e. The van der Waals surface area contributed by atoms with E-state index < -0.39 is 0 Å². The third-order valence-electron chi connectivity index (χ3n) is 3.30. The Morgan fingerprint density at radius 2 is 1.50 bits per heavy atom. The molecule has 0 aliphatic rings. The maximum Gasteiger partial charge on any atom is 0.119 e. The number of aliphatic hydroxyl groups excluding tert-OH is 1. The maximum atomic E-state index is 8.86. The average molecular weight is 299 g/mol. The molecule has 2 rings (SSSR count). The Morgan fingerprint density at radius 3 is 2.00 bits per heavy atom. The van der Waals surface area contributed by atoms with Crippen LogP contribution in [0.5, 0.6) is 5.75 Å². The van der Waals surface area contributed by atoms with Crippen molar-refractivity contribution in [2.24, 2.45) is 10.2 Å². The molecule has 0 aliphatic carbocycles. The predicted molar refractivity (Wildman–Crippen MR) is 88.6 cm³/mol. The topological polar surface area (TPSA) is 57.4 Å². The molecule has 5 heteroatoms. The molecule has 0 spiro atoms. The minimum absolute atomic E-state index is 0.207. The standard InChI is InChI=1S/C17H21N3O2/c1-20(12-3-13-21)16-8-4-14(5-9-16)18-19-15-6-10-17(22-2)11-7-15/h4-11,21H,3,12-13H2,1-2H3. The summed E-state index contributed by atoms with van der Waals surface area (Å²) in [5, 5.41) is 17.3. The number of nitrogens with zero attached hydrogens (tertiary/aromatic N) is 3. The van der Waals surface area contributed by atoms with E-state index in [4.69, 9.17) is 9.84 Å². The molecule has 1 N–H and O–H groups in total. The van der Waals surface area contributed by atoms with Gasteiger partial charge in [0.1, 0.15) is 5.75 Å². The fourth-order valence-corrected chi connectivity index (χ4v) is 1.98. The molecule has 0 saturated carbocycles. The van der Waals surface area contributed by atoms with Crippen molar-refractivity contribution < 1.29 is 9.84 Å². The Labute approximate surface area is 130 Å². The molecule has 0 atom stereocenters. The molecule has 0 bridgehead atoms. The van der Waals surface area contributed by atoms with E-state index in [1.165, 1.54) is 0 Å². The van der Waals surface area contributed by atoms with Gasteiger partial charge in [-0.1, -0.05) is 0 Å². The summed E-state index contributed by atoms with van der Waals surface area (Å²) in [6.07, 6.45) is 0.759. The van der Waals surface area contributed by atoms with E-state index in [9.17, 15) is 0 Å². The molecular weight excluding hydrogens is 278 g/mol. The van der Waals surface area contributed by atoms with Gasteiger partial charge in [0, 0.05) is 25.9 Å². The molecule has 2 aromatic carbocycles. The highest BCUT2D eigenvalue weighted by molar-refractivity contribution is 5.52. The average Bonchev–Trinajstić information content (AvgIpc) is 2.58. The van der Waals surface area contributed by atoms with Crippen LogP contribution in [0.4, 0.5) is 17.1 Å². The number of azo groups is 1. The minimum atomic E-state index is 0.207. The molecule has 0 fully saturated rings. The van der Waals surface area contributed by atoms with Crippen molar-refractivity contribution in [3.8, 4) is 5.75 Å². The van der Waals surface area contributed by atoms with Crippen molar-refractivity contribution in [2.45, 2.75) is 6.42 Å². The number of aliphatic hydroxyl groups is 1. The van der Waals surface area contributed by atoms with Crippen LogP contribution in [-0.2, 0) is 0 Å². The number of ether oxygens (including phenoxy) is 1. The van der Waals surface area contributed by atoms with Crippen molar-refractivity contribution in [1.82, 2.24) is 0 Å². The lowest BCUT2D eigenvalue weighted by molar-refractivity contribution is 0.290. The summed E-state index contributed by atoms with van der Waals surface area (Å²) in [6.45, 7) is 1.03. The van der Waals surface area contributed by atoms with Crippen LogP contribution in [0.3, 0.4) is 0 Å². The summed E-state index contributed by atoms with van der Waals surface area (Å²) in [7, 11) is 3.64. The van der Waals surface area contributed by atoms with Crippen LogP contribution >= 0.6 is 0 Å². The number of anilines is 1. The molecule has 0 aromatic heterocycles. The zero-order valence-corrected chi connectivity index (χ0v) is 12.9. The fraction of sp³-hybridized carbons (Fsp3) is 0.294. The summed E-state index contributed by atoms with van der Waals surface area (Å²) in [6, 6.07) is 15.3. The number of hydrogen-bond donors (Lipinski definition) is 1. The second kappa shape index (κ2) is 8.14. The fourth-order valence-electron chi connectivity index (χ4n) is 1.98. The lowest BCUT2D eigenvalue weighted by Crippen LogP contribution is -2.19. The molecule has 0 unspecified atom stereocenters. The van der Waals surface area contributed by atoms with Gasteiger partial charge >= 0.3 is 0 Å². The van der Waals surface area contributed by atoms with Crippen LogP contribution in [0, 0.1) is 0 Å². The molecule has 2 aromatic rings. The largest absolute Gasteiger partial charge is 0.497 e. The highest BCUT2D eigenvalue weighted by Crippen LogP contribution is 2.23. The third kappa shape index (κ3) is 4.56. The maximum absolute atomic E-state index is 8.86. The molecule has 0 heterocycles. The molecular formula is C17H21N3O2. The predicted octanol–water partition coefficient (Wildman–Crippen LogP) is 3.93. The minimum Gasteiger partial charge on any atom is -0.497 e. The Bertz CT molecular complexity index is 594. The van der Waals surface area contributed by atoms with E-state index in [2.05, 4.69) is 15.1 Å². The quantitative estimate of drug-likeness (QED) is 0.788.